The summed E-state index contributed by atoms with van der Waals surface area (Å²) >= 11 is 0. The highest BCUT2D eigenvalue weighted by molar-refractivity contribution is 6.00. The van der Waals surface area contributed by atoms with Gasteiger partial charge in [0.1, 0.15) is 13.2 Å². The number of carbonyl (C=O) groups excluding carboxylic acids is 1. The Labute approximate surface area is 205 Å². The maximum atomic E-state index is 13.8. The quantitative estimate of drug-likeness (QED) is 0.520. The molecule has 0 spiro atoms. The van der Waals surface area contributed by atoms with Crippen LogP contribution in [0, 0.1) is 0 Å². The summed E-state index contributed by atoms with van der Waals surface area (Å²) in [4.78, 5) is 21.0. The molecular formula is C25H24F3N6O2+. The fourth-order valence-electron chi connectivity index (χ4n) is 4.36. The van der Waals surface area contributed by atoms with E-state index < -0.39 is 11.9 Å². The van der Waals surface area contributed by atoms with Crippen LogP contribution in [0.1, 0.15) is 21.9 Å². The lowest BCUT2D eigenvalue weighted by Crippen LogP contribution is -2.40. The van der Waals surface area contributed by atoms with Crippen LogP contribution in [0.25, 0.3) is 11.1 Å². The number of benzene rings is 1. The van der Waals surface area contributed by atoms with Crippen LogP contribution in [0.2, 0.25) is 0 Å². The van der Waals surface area contributed by atoms with Gasteiger partial charge < -0.3 is 14.5 Å². The van der Waals surface area contributed by atoms with Gasteiger partial charge in [-0.3, -0.25) is 9.48 Å². The summed E-state index contributed by atoms with van der Waals surface area (Å²) in [5.41, 5.74) is 2.34. The number of amides is 1. The van der Waals surface area contributed by atoms with Crippen molar-refractivity contribution in [2.75, 3.05) is 24.6 Å². The lowest BCUT2D eigenvalue weighted by Gasteiger charge is -2.23. The van der Waals surface area contributed by atoms with E-state index in [1.165, 1.54) is 18.1 Å². The van der Waals surface area contributed by atoms with Gasteiger partial charge in [0.05, 0.1) is 25.5 Å². The lowest BCUT2D eigenvalue weighted by molar-refractivity contribution is -0.691. The van der Waals surface area contributed by atoms with Gasteiger partial charge in [0.2, 0.25) is 6.20 Å². The number of hydrogen-bond acceptors (Lipinski definition) is 5. The minimum Gasteiger partial charge on any atom is -0.373 e. The van der Waals surface area contributed by atoms with E-state index in [0.29, 0.717) is 43.5 Å². The van der Waals surface area contributed by atoms with Crippen LogP contribution in [-0.2, 0) is 31.1 Å². The van der Waals surface area contributed by atoms with Gasteiger partial charge in [-0.05, 0) is 11.6 Å². The fraction of sp³-hybridized carbons (Fsp3) is 0.280. The number of fused-ring (bicyclic) bond motifs is 1. The maximum Gasteiger partial charge on any atom is 0.479 e. The molecule has 0 saturated carbocycles. The summed E-state index contributed by atoms with van der Waals surface area (Å²) in [6, 6.07) is 9.57. The van der Waals surface area contributed by atoms with Crippen molar-refractivity contribution in [2.24, 2.45) is 7.05 Å². The minimum absolute atomic E-state index is 0.240. The van der Waals surface area contributed by atoms with Gasteiger partial charge in [0, 0.05) is 30.5 Å². The van der Waals surface area contributed by atoms with Gasteiger partial charge in [0.15, 0.2) is 11.5 Å². The normalized spacial score (nSPS) is 16.2. The zero-order valence-corrected chi connectivity index (χ0v) is 19.6. The molecule has 8 nitrogen and oxygen atoms in total. The fourth-order valence-corrected chi connectivity index (χ4v) is 4.36. The standard InChI is InChI=1S/C25H24F3N6O2/c1-17-8-9-32(21-15-31(2)20(14-29-21)25(26,27)28)10-11-33(17)24(35)23-22(18-6-4-3-5-7-18)19-16-36-13-12-34(19)30-23/h3-9,14-15H,1,10-13,16H2,2H3/q+1. The molecule has 2 aromatic heterocycles. The summed E-state index contributed by atoms with van der Waals surface area (Å²) < 4.78 is 47.8. The molecule has 1 amide bonds. The van der Waals surface area contributed by atoms with E-state index in [4.69, 9.17) is 4.74 Å². The zero-order valence-electron chi connectivity index (χ0n) is 19.6. The molecule has 3 aromatic rings. The van der Waals surface area contributed by atoms with Gasteiger partial charge in [-0.15, -0.1) is 0 Å². The molecule has 5 rings (SSSR count). The highest BCUT2D eigenvalue weighted by atomic mass is 19.4. The monoisotopic (exact) mass is 497 g/mol. The van der Waals surface area contributed by atoms with E-state index in [9.17, 15) is 18.0 Å². The third-order valence-corrected chi connectivity index (χ3v) is 6.21. The average Bonchev–Trinajstić information content (AvgIpc) is 3.14. The van der Waals surface area contributed by atoms with E-state index in [-0.39, 0.29) is 12.5 Å². The second kappa shape index (κ2) is 9.23. The van der Waals surface area contributed by atoms with Crippen LogP contribution >= 0.6 is 0 Å². The van der Waals surface area contributed by atoms with Crippen LogP contribution in [-0.4, -0.2) is 45.3 Å². The molecule has 11 heteroatoms. The Morgan fingerprint density at radius 2 is 1.94 bits per heavy atom. The molecule has 186 valence electrons. The number of carbonyl (C=O) groups is 1. The molecule has 0 bridgehead atoms. The number of ether oxygens (including phenoxy) is 1. The van der Waals surface area contributed by atoms with Gasteiger partial charge >= 0.3 is 11.9 Å². The Morgan fingerprint density at radius 1 is 1.17 bits per heavy atom. The predicted molar refractivity (Wildman–Crippen MR) is 124 cm³/mol. The lowest BCUT2D eigenvalue weighted by atomic mass is 10.0. The van der Waals surface area contributed by atoms with Gasteiger partial charge in [-0.1, -0.05) is 36.9 Å². The Balaban J connectivity index is 1.43. The van der Waals surface area contributed by atoms with Crippen molar-refractivity contribution in [1.82, 2.24) is 19.7 Å². The number of alkyl halides is 3. The molecule has 4 heterocycles. The molecular weight excluding hydrogens is 473 g/mol. The van der Waals surface area contributed by atoms with Crippen LogP contribution < -0.4 is 9.47 Å². The number of allylic oxidation sites excluding steroid dienone is 1. The first-order valence-electron chi connectivity index (χ1n) is 11.4. The van der Waals surface area contributed by atoms with Crippen LogP contribution in [0.3, 0.4) is 0 Å². The molecule has 0 radical (unpaired) electrons. The first kappa shape index (κ1) is 23.7. The number of hydrogen-bond donors (Lipinski definition) is 0. The first-order valence-corrected chi connectivity index (χ1v) is 11.4. The molecule has 0 unspecified atom stereocenters. The topological polar surface area (TPSA) is 67.4 Å². The number of halogens is 3. The van der Waals surface area contributed by atoms with Crippen LogP contribution in [0.5, 0.6) is 0 Å². The molecule has 0 saturated heterocycles. The van der Waals surface area contributed by atoms with Crippen molar-refractivity contribution >= 4 is 11.7 Å². The number of rotatable bonds is 3. The molecule has 36 heavy (non-hydrogen) atoms. The summed E-state index contributed by atoms with van der Waals surface area (Å²) in [7, 11) is 1.32. The molecule has 1 aromatic carbocycles. The number of aryl methyl sites for hydroxylation is 1. The van der Waals surface area contributed by atoms with E-state index in [1.807, 2.05) is 35.0 Å². The summed E-state index contributed by atoms with van der Waals surface area (Å²) in [5.74, 6) is 0.0154. The van der Waals surface area contributed by atoms with Crippen molar-refractivity contribution in [3.63, 3.8) is 0 Å². The van der Waals surface area contributed by atoms with E-state index in [2.05, 4.69) is 16.7 Å². The third-order valence-electron chi connectivity index (χ3n) is 6.21. The molecule has 0 atom stereocenters. The maximum absolute atomic E-state index is 13.8. The Hall–Kier alpha value is -3.99. The average molecular weight is 498 g/mol. The van der Waals surface area contributed by atoms with Gasteiger partial charge in [-0.25, -0.2) is 4.98 Å². The van der Waals surface area contributed by atoms with Crippen molar-refractivity contribution < 1.29 is 27.3 Å². The Bertz CT molecular complexity index is 1350. The molecule has 2 aliphatic heterocycles. The smallest absolute Gasteiger partial charge is 0.373 e. The van der Waals surface area contributed by atoms with Crippen molar-refractivity contribution in [2.45, 2.75) is 19.3 Å². The highest BCUT2D eigenvalue weighted by Gasteiger charge is 2.41. The summed E-state index contributed by atoms with van der Waals surface area (Å²) in [5, 5.41) is 4.63. The SMILES string of the molecule is C=C1C=CN(c2c[n+](C)c(C(F)(F)F)cn2)CCN1C(=O)c1nn2c(c1-c1ccccc1)COCC2. The predicted octanol–water partition coefficient (Wildman–Crippen LogP) is 3.31. The molecule has 0 N–H and O–H groups in total. The second-order valence-electron chi connectivity index (χ2n) is 8.51. The largest absolute Gasteiger partial charge is 0.479 e. The Kier molecular flexibility index (Phi) is 6.09. The van der Waals surface area contributed by atoms with Crippen LogP contribution in [0.4, 0.5) is 19.0 Å². The Morgan fingerprint density at radius 3 is 2.67 bits per heavy atom. The van der Waals surface area contributed by atoms with E-state index in [1.54, 1.807) is 17.2 Å². The van der Waals surface area contributed by atoms with Gasteiger partial charge in [0.25, 0.3) is 5.91 Å². The second-order valence-corrected chi connectivity index (χ2v) is 8.51. The summed E-state index contributed by atoms with van der Waals surface area (Å²) in [6.45, 7) is 6.00. The number of aromatic nitrogens is 4. The minimum atomic E-state index is -4.50. The number of anilines is 1. The first-order chi connectivity index (χ1) is 17.2. The van der Waals surface area contributed by atoms with Crippen LogP contribution in [0.15, 0.2) is 67.3 Å². The van der Waals surface area contributed by atoms with Crippen molar-refractivity contribution in [1.29, 1.82) is 0 Å². The third kappa shape index (κ3) is 4.37. The van der Waals surface area contributed by atoms with Crippen molar-refractivity contribution in [3.8, 4) is 11.1 Å². The molecule has 0 aliphatic carbocycles. The molecule has 0 fully saturated rings. The van der Waals surface area contributed by atoms with E-state index in [0.717, 1.165) is 27.6 Å². The van der Waals surface area contributed by atoms with E-state index >= 15 is 0 Å². The highest BCUT2D eigenvalue weighted by Crippen LogP contribution is 2.32. The summed E-state index contributed by atoms with van der Waals surface area (Å²) in [6.07, 6.45) is 0.915. The zero-order chi connectivity index (χ0) is 25.4. The van der Waals surface area contributed by atoms with Crippen molar-refractivity contribution in [3.05, 3.63) is 84.4 Å². The van der Waals surface area contributed by atoms with Gasteiger partial charge in [-0.2, -0.15) is 22.8 Å². The number of nitrogens with zero attached hydrogens (tertiary/aromatic N) is 6. The molecule has 2 aliphatic rings.